The van der Waals surface area contributed by atoms with Gasteiger partial charge in [-0.1, -0.05) is 78.9 Å². The summed E-state index contributed by atoms with van der Waals surface area (Å²) >= 11 is 0. The van der Waals surface area contributed by atoms with Crippen LogP contribution in [0.2, 0.25) is 0 Å². The molecule has 0 heterocycles. The van der Waals surface area contributed by atoms with E-state index in [1.807, 2.05) is 57.2 Å². The summed E-state index contributed by atoms with van der Waals surface area (Å²) in [6.07, 6.45) is 0. The first-order chi connectivity index (χ1) is 15.3. The second-order valence-corrected chi connectivity index (χ2v) is 8.45. The van der Waals surface area contributed by atoms with Crippen LogP contribution in [-0.2, 0) is 16.1 Å². The molecule has 0 N–H and O–H groups in total. The van der Waals surface area contributed by atoms with Crippen molar-refractivity contribution in [1.82, 2.24) is 4.90 Å². The predicted octanol–water partition coefficient (Wildman–Crippen LogP) is 4.90. The Labute approximate surface area is 188 Å². The third-order valence-electron chi connectivity index (χ3n) is 5.05. The summed E-state index contributed by atoms with van der Waals surface area (Å²) in [5.41, 5.74) is 1.39. The molecule has 0 saturated carbocycles. The molecule has 0 bridgehead atoms. The van der Waals surface area contributed by atoms with Crippen LogP contribution in [0, 0.1) is 0 Å². The Balaban J connectivity index is 1.73. The summed E-state index contributed by atoms with van der Waals surface area (Å²) in [6.45, 7) is 5.80. The van der Waals surface area contributed by atoms with E-state index in [4.69, 9.17) is 4.74 Å². The van der Waals surface area contributed by atoms with Crippen molar-refractivity contribution < 1.29 is 19.1 Å². The lowest BCUT2D eigenvalue weighted by atomic mass is 9.98. The number of esters is 1. The summed E-state index contributed by atoms with van der Waals surface area (Å²) in [5.74, 6) is -1.28. The lowest BCUT2D eigenvalue weighted by Crippen LogP contribution is -2.46. The highest BCUT2D eigenvalue weighted by atomic mass is 16.5. The van der Waals surface area contributed by atoms with Crippen LogP contribution in [0.1, 0.15) is 52.6 Å². The number of nitrogens with zero attached hydrogens (tertiary/aromatic N) is 1. The zero-order valence-corrected chi connectivity index (χ0v) is 18.6. The van der Waals surface area contributed by atoms with Crippen molar-refractivity contribution in [1.29, 1.82) is 0 Å². The molecule has 164 valence electrons. The number of carbonyl (C=O) groups excluding carboxylic acids is 3. The van der Waals surface area contributed by atoms with Gasteiger partial charge in [-0.05, 0) is 32.4 Å². The fourth-order valence-electron chi connectivity index (χ4n) is 3.35. The highest BCUT2D eigenvalue weighted by molar-refractivity contribution is 6.14. The van der Waals surface area contributed by atoms with Crippen LogP contribution in [0.4, 0.5) is 0 Å². The molecule has 0 aliphatic heterocycles. The van der Waals surface area contributed by atoms with Crippen molar-refractivity contribution in [3.8, 4) is 0 Å². The normalized spacial score (nSPS) is 11.0. The quantitative estimate of drug-likeness (QED) is 0.396. The predicted molar refractivity (Wildman–Crippen MR) is 123 cm³/mol. The molecule has 0 radical (unpaired) electrons. The fourth-order valence-corrected chi connectivity index (χ4v) is 3.35. The standard InChI is InChI=1S/C27H27NO4/c1-27(2,3)28(18-20-12-6-4-7-13-20)24(29)19-32-26(31)23-17-11-10-16-22(23)25(30)21-14-8-5-9-15-21/h4-17H,18-19H2,1-3H3. The van der Waals surface area contributed by atoms with E-state index in [1.165, 1.54) is 6.07 Å². The molecule has 0 aliphatic rings. The van der Waals surface area contributed by atoms with Crippen molar-refractivity contribution in [3.05, 3.63) is 107 Å². The second-order valence-electron chi connectivity index (χ2n) is 8.45. The molecular weight excluding hydrogens is 402 g/mol. The van der Waals surface area contributed by atoms with Crippen LogP contribution in [0.3, 0.4) is 0 Å². The maximum Gasteiger partial charge on any atom is 0.339 e. The third kappa shape index (κ3) is 5.70. The number of ether oxygens (including phenoxy) is 1. The third-order valence-corrected chi connectivity index (χ3v) is 5.05. The number of benzene rings is 3. The van der Waals surface area contributed by atoms with Gasteiger partial charge in [0.15, 0.2) is 12.4 Å². The topological polar surface area (TPSA) is 63.7 Å². The van der Waals surface area contributed by atoms with Gasteiger partial charge in [-0.3, -0.25) is 9.59 Å². The van der Waals surface area contributed by atoms with Crippen molar-refractivity contribution in [3.63, 3.8) is 0 Å². The van der Waals surface area contributed by atoms with Gasteiger partial charge in [0.25, 0.3) is 5.91 Å². The number of carbonyl (C=O) groups is 3. The zero-order chi connectivity index (χ0) is 23.1. The maximum absolute atomic E-state index is 13.0. The highest BCUT2D eigenvalue weighted by Gasteiger charge is 2.28. The minimum absolute atomic E-state index is 0.138. The van der Waals surface area contributed by atoms with Crippen LogP contribution >= 0.6 is 0 Å². The molecular formula is C27H27NO4. The van der Waals surface area contributed by atoms with Gasteiger partial charge in [0.1, 0.15) is 0 Å². The van der Waals surface area contributed by atoms with Gasteiger partial charge < -0.3 is 9.64 Å². The van der Waals surface area contributed by atoms with Gasteiger partial charge in [0.05, 0.1) is 5.56 Å². The van der Waals surface area contributed by atoms with Gasteiger partial charge in [-0.25, -0.2) is 4.79 Å². The highest BCUT2D eigenvalue weighted by Crippen LogP contribution is 2.19. The Kier molecular flexibility index (Phi) is 7.21. The van der Waals surface area contributed by atoms with E-state index in [0.29, 0.717) is 12.1 Å². The monoisotopic (exact) mass is 429 g/mol. The molecule has 0 saturated heterocycles. The van der Waals surface area contributed by atoms with Crippen LogP contribution in [0.5, 0.6) is 0 Å². The van der Waals surface area contributed by atoms with Crippen molar-refractivity contribution in [2.75, 3.05) is 6.61 Å². The minimum Gasteiger partial charge on any atom is -0.452 e. The number of hydrogen-bond acceptors (Lipinski definition) is 4. The fraction of sp³-hybridized carbons (Fsp3) is 0.222. The minimum atomic E-state index is -0.702. The molecule has 32 heavy (non-hydrogen) atoms. The molecule has 0 atom stereocenters. The van der Waals surface area contributed by atoms with E-state index in [1.54, 1.807) is 47.4 Å². The number of rotatable bonds is 7. The molecule has 0 unspecified atom stereocenters. The molecule has 5 nitrogen and oxygen atoms in total. The molecule has 3 aromatic carbocycles. The van der Waals surface area contributed by atoms with Crippen LogP contribution < -0.4 is 0 Å². The Bertz CT molecular complexity index is 1090. The number of hydrogen-bond donors (Lipinski definition) is 0. The molecule has 3 rings (SSSR count). The number of ketones is 1. The number of amides is 1. The smallest absolute Gasteiger partial charge is 0.339 e. The Morgan fingerprint density at radius 1 is 0.750 bits per heavy atom. The summed E-state index contributed by atoms with van der Waals surface area (Å²) < 4.78 is 5.35. The van der Waals surface area contributed by atoms with Crippen molar-refractivity contribution in [2.45, 2.75) is 32.9 Å². The van der Waals surface area contributed by atoms with Gasteiger partial charge >= 0.3 is 5.97 Å². The van der Waals surface area contributed by atoms with E-state index in [9.17, 15) is 14.4 Å². The van der Waals surface area contributed by atoms with Crippen LogP contribution in [0.15, 0.2) is 84.9 Å². The molecule has 0 aromatic heterocycles. The van der Waals surface area contributed by atoms with Gasteiger partial charge in [0, 0.05) is 23.2 Å². The van der Waals surface area contributed by atoms with Gasteiger partial charge in [-0.2, -0.15) is 0 Å². The average molecular weight is 430 g/mol. The van der Waals surface area contributed by atoms with Crippen molar-refractivity contribution >= 4 is 17.7 Å². The lowest BCUT2D eigenvalue weighted by molar-refractivity contribution is -0.140. The van der Waals surface area contributed by atoms with E-state index >= 15 is 0 Å². The Morgan fingerprint density at radius 3 is 1.88 bits per heavy atom. The summed E-state index contributed by atoms with van der Waals surface area (Å²) in [5, 5.41) is 0. The van der Waals surface area contributed by atoms with Crippen LogP contribution in [-0.4, -0.2) is 34.7 Å². The first-order valence-electron chi connectivity index (χ1n) is 10.5. The van der Waals surface area contributed by atoms with Gasteiger partial charge in [-0.15, -0.1) is 0 Å². The lowest BCUT2D eigenvalue weighted by Gasteiger charge is -2.35. The van der Waals surface area contributed by atoms with Gasteiger partial charge in [0.2, 0.25) is 0 Å². The molecule has 3 aromatic rings. The first-order valence-corrected chi connectivity index (χ1v) is 10.5. The molecule has 5 heteroatoms. The molecule has 0 aliphatic carbocycles. The van der Waals surface area contributed by atoms with Crippen LogP contribution in [0.25, 0.3) is 0 Å². The second kappa shape index (κ2) is 10.1. The maximum atomic E-state index is 13.0. The largest absolute Gasteiger partial charge is 0.452 e. The summed E-state index contributed by atoms with van der Waals surface area (Å²) in [6, 6.07) is 24.9. The van der Waals surface area contributed by atoms with E-state index < -0.39 is 18.1 Å². The van der Waals surface area contributed by atoms with E-state index in [2.05, 4.69) is 0 Å². The Morgan fingerprint density at radius 2 is 1.28 bits per heavy atom. The molecule has 0 fully saturated rings. The summed E-state index contributed by atoms with van der Waals surface area (Å²) in [4.78, 5) is 40.3. The molecule has 1 amide bonds. The molecule has 0 spiro atoms. The SMILES string of the molecule is CC(C)(C)N(Cc1ccccc1)C(=O)COC(=O)c1ccccc1C(=O)c1ccccc1. The summed E-state index contributed by atoms with van der Waals surface area (Å²) in [7, 11) is 0. The average Bonchev–Trinajstić information content (AvgIpc) is 2.81. The van der Waals surface area contributed by atoms with E-state index in [-0.39, 0.29) is 22.8 Å². The Hall–Kier alpha value is -3.73. The zero-order valence-electron chi connectivity index (χ0n) is 18.6. The van der Waals surface area contributed by atoms with E-state index in [0.717, 1.165) is 5.56 Å². The van der Waals surface area contributed by atoms with Crippen molar-refractivity contribution in [2.24, 2.45) is 0 Å². The first kappa shape index (κ1) is 22.9.